The Morgan fingerprint density at radius 1 is 0.949 bits per heavy atom. The van der Waals surface area contributed by atoms with Crippen molar-refractivity contribution in [2.24, 2.45) is 5.92 Å². The molecule has 4 amide bonds. The van der Waals surface area contributed by atoms with E-state index < -0.39 is 29.8 Å². The zero-order valence-electron chi connectivity index (χ0n) is 22.8. The average Bonchev–Trinajstić information content (AvgIpc) is 2.92. The van der Waals surface area contributed by atoms with E-state index in [0.29, 0.717) is 25.3 Å². The van der Waals surface area contributed by atoms with Crippen molar-refractivity contribution in [1.29, 1.82) is 0 Å². The largest absolute Gasteiger partial charge is 0.493 e. The molecule has 0 aliphatic carbocycles. The van der Waals surface area contributed by atoms with Gasteiger partial charge in [-0.05, 0) is 42.9 Å². The van der Waals surface area contributed by atoms with Gasteiger partial charge >= 0.3 is 0 Å². The van der Waals surface area contributed by atoms with Gasteiger partial charge in [-0.25, -0.2) is 0 Å². The lowest BCUT2D eigenvalue weighted by atomic mass is 10.0. The molecular formula is C30H40N4O5. The molecule has 1 aliphatic heterocycles. The Morgan fingerprint density at radius 2 is 1.67 bits per heavy atom. The van der Waals surface area contributed by atoms with Gasteiger partial charge in [0.25, 0.3) is 5.91 Å². The maximum Gasteiger partial charge on any atom is 0.255 e. The number of nitrogens with one attached hydrogen (secondary N) is 4. The summed E-state index contributed by atoms with van der Waals surface area (Å²) >= 11 is 0. The SMILES string of the molecule is CC(C)C[C@@H]1NC(=O)C[C@@H](C(=O)NCc2ccccc2)NC(=O)c2ccccc2OCCCCCCNC1=O. The zero-order valence-corrected chi connectivity index (χ0v) is 22.8. The Morgan fingerprint density at radius 3 is 2.44 bits per heavy atom. The Balaban J connectivity index is 1.82. The van der Waals surface area contributed by atoms with E-state index in [9.17, 15) is 19.2 Å². The van der Waals surface area contributed by atoms with E-state index in [1.54, 1.807) is 24.3 Å². The van der Waals surface area contributed by atoms with Gasteiger partial charge in [-0.3, -0.25) is 19.2 Å². The summed E-state index contributed by atoms with van der Waals surface area (Å²) in [5, 5.41) is 11.2. The van der Waals surface area contributed by atoms with Crippen LogP contribution in [0.5, 0.6) is 5.75 Å². The van der Waals surface area contributed by atoms with Crippen LogP contribution in [-0.4, -0.2) is 48.9 Å². The maximum atomic E-state index is 13.3. The second kappa shape index (κ2) is 15.5. The predicted molar refractivity (Wildman–Crippen MR) is 149 cm³/mol. The summed E-state index contributed by atoms with van der Waals surface area (Å²) < 4.78 is 5.88. The highest BCUT2D eigenvalue weighted by atomic mass is 16.5. The van der Waals surface area contributed by atoms with Crippen LogP contribution in [0.2, 0.25) is 0 Å². The molecule has 0 unspecified atom stereocenters. The Bertz CT molecular complexity index is 1110. The summed E-state index contributed by atoms with van der Waals surface area (Å²) in [7, 11) is 0. The lowest BCUT2D eigenvalue weighted by molar-refractivity contribution is -0.131. The number of carbonyl (C=O) groups excluding carboxylic acids is 4. The second-order valence-electron chi connectivity index (χ2n) is 10.2. The number of fused-ring (bicyclic) bond motifs is 1. The highest BCUT2D eigenvalue weighted by Crippen LogP contribution is 2.19. The standard InChI is InChI=1S/C30H40N4O5/c1-21(2)18-24-29(37)31-16-10-3-4-11-17-39-26-15-9-8-14-23(26)28(36)34-25(19-27(35)33-24)30(38)32-20-22-12-6-5-7-13-22/h5-9,12-15,21,24-25H,3-4,10-11,16-20H2,1-2H3,(H,31,37)(H,32,38)(H,33,35)(H,34,36)/t24-,25-/m0/s1. The highest BCUT2D eigenvalue weighted by molar-refractivity contribution is 6.01. The lowest BCUT2D eigenvalue weighted by Crippen LogP contribution is -2.52. The van der Waals surface area contributed by atoms with Crippen LogP contribution in [0.25, 0.3) is 0 Å². The van der Waals surface area contributed by atoms with Crippen molar-refractivity contribution in [3.63, 3.8) is 0 Å². The van der Waals surface area contributed by atoms with Gasteiger partial charge in [-0.1, -0.05) is 69.2 Å². The minimum atomic E-state index is -1.16. The fourth-order valence-electron chi connectivity index (χ4n) is 4.37. The first-order valence-corrected chi connectivity index (χ1v) is 13.7. The molecular weight excluding hydrogens is 496 g/mol. The summed E-state index contributed by atoms with van der Waals surface area (Å²) in [6.45, 7) is 5.16. The van der Waals surface area contributed by atoms with Gasteiger partial charge in [0.15, 0.2) is 0 Å². The minimum absolute atomic E-state index is 0.167. The van der Waals surface area contributed by atoms with E-state index in [2.05, 4.69) is 21.3 Å². The third kappa shape index (κ3) is 10.1. The first kappa shape index (κ1) is 29.7. The first-order chi connectivity index (χ1) is 18.8. The molecule has 2 aromatic rings. The number of rotatable bonds is 5. The minimum Gasteiger partial charge on any atom is -0.493 e. The summed E-state index contributed by atoms with van der Waals surface area (Å²) in [4.78, 5) is 52.5. The number of para-hydroxylation sites is 1. The Hall–Kier alpha value is -3.88. The van der Waals surface area contributed by atoms with Crippen LogP contribution in [0, 0.1) is 5.92 Å². The number of benzene rings is 2. The third-order valence-corrected chi connectivity index (χ3v) is 6.44. The molecule has 0 radical (unpaired) electrons. The van der Waals surface area contributed by atoms with Crippen molar-refractivity contribution in [3.05, 3.63) is 65.7 Å². The quantitative estimate of drug-likeness (QED) is 0.467. The molecule has 0 spiro atoms. The number of ether oxygens (including phenoxy) is 1. The predicted octanol–water partition coefficient (Wildman–Crippen LogP) is 3.09. The van der Waals surface area contributed by atoms with Crippen molar-refractivity contribution < 1.29 is 23.9 Å². The molecule has 9 heteroatoms. The summed E-state index contributed by atoms with van der Waals surface area (Å²) in [5.74, 6) is -1.17. The number of hydrogen-bond donors (Lipinski definition) is 4. The van der Waals surface area contributed by atoms with Gasteiger partial charge in [0.1, 0.15) is 17.8 Å². The summed E-state index contributed by atoms with van der Waals surface area (Å²) in [6.07, 6.45) is 3.60. The van der Waals surface area contributed by atoms with Gasteiger partial charge in [-0.2, -0.15) is 0 Å². The van der Waals surface area contributed by atoms with Gasteiger partial charge in [0, 0.05) is 13.1 Å². The molecule has 1 heterocycles. The molecule has 2 aromatic carbocycles. The van der Waals surface area contributed by atoms with E-state index in [4.69, 9.17) is 4.74 Å². The molecule has 9 nitrogen and oxygen atoms in total. The van der Waals surface area contributed by atoms with Gasteiger partial charge < -0.3 is 26.0 Å². The van der Waals surface area contributed by atoms with Crippen LogP contribution in [0.15, 0.2) is 54.6 Å². The Labute approximate surface area is 230 Å². The number of carbonyl (C=O) groups is 4. The molecule has 0 saturated heterocycles. The van der Waals surface area contributed by atoms with Crippen LogP contribution in [0.4, 0.5) is 0 Å². The normalized spacial score (nSPS) is 19.8. The topological polar surface area (TPSA) is 126 Å². The second-order valence-corrected chi connectivity index (χ2v) is 10.2. The van der Waals surface area contributed by atoms with Gasteiger partial charge in [0.05, 0.1) is 18.6 Å². The van der Waals surface area contributed by atoms with Crippen molar-refractivity contribution in [3.8, 4) is 5.75 Å². The van der Waals surface area contributed by atoms with Crippen LogP contribution in [0.3, 0.4) is 0 Å². The van der Waals surface area contributed by atoms with Crippen molar-refractivity contribution in [2.45, 2.75) is 71.0 Å². The van der Waals surface area contributed by atoms with E-state index in [1.807, 2.05) is 44.2 Å². The smallest absolute Gasteiger partial charge is 0.255 e. The van der Waals surface area contributed by atoms with Crippen molar-refractivity contribution in [1.82, 2.24) is 21.3 Å². The van der Waals surface area contributed by atoms with Gasteiger partial charge in [0.2, 0.25) is 17.7 Å². The fourth-order valence-corrected chi connectivity index (χ4v) is 4.37. The highest BCUT2D eigenvalue weighted by Gasteiger charge is 2.28. The number of hydrogen-bond acceptors (Lipinski definition) is 5. The van der Waals surface area contributed by atoms with Gasteiger partial charge in [-0.15, -0.1) is 0 Å². The molecule has 2 atom stereocenters. The fraction of sp³-hybridized carbons (Fsp3) is 0.467. The molecule has 3 rings (SSSR count). The third-order valence-electron chi connectivity index (χ3n) is 6.44. The average molecular weight is 537 g/mol. The lowest BCUT2D eigenvalue weighted by Gasteiger charge is -2.23. The molecule has 210 valence electrons. The van der Waals surface area contributed by atoms with E-state index >= 15 is 0 Å². The van der Waals surface area contributed by atoms with E-state index in [1.165, 1.54) is 0 Å². The Kier molecular flexibility index (Phi) is 11.8. The molecule has 0 saturated carbocycles. The van der Waals surface area contributed by atoms with Crippen LogP contribution >= 0.6 is 0 Å². The molecule has 1 aliphatic rings. The molecule has 0 aromatic heterocycles. The first-order valence-electron chi connectivity index (χ1n) is 13.7. The molecule has 0 fully saturated rings. The molecule has 39 heavy (non-hydrogen) atoms. The van der Waals surface area contributed by atoms with Crippen molar-refractivity contribution in [2.75, 3.05) is 13.2 Å². The number of amides is 4. The van der Waals surface area contributed by atoms with Crippen LogP contribution < -0.4 is 26.0 Å². The molecule has 0 bridgehead atoms. The maximum absolute atomic E-state index is 13.3. The summed E-state index contributed by atoms with van der Waals surface area (Å²) in [6, 6.07) is 14.3. The molecule has 4 N–H and O–H groups in total. The van der Waals surface area contributed by atoms with E-state index in [-0.39, 0.29) is 30.4 Å². The monoisotopic (exact) mass is 536 g/mol. The van der Waals surface area contributed by atoms with E-state index in [0.717, 1.165) is 31.2 Å². The van der Waals surface area contributed by atoms with Crippen LogP contribution in [-0.2, 0) is 20.9 Å². The van der Waals surface area contributed by atoms with Crippen LogP contribution in [0.1, 0.15) is 68.3 Å². The summed E-state index contributed by atoms with van der Waals surface area (Å²) in [5.41, 5.74) is 1.17. The van der Waals surface area contributed by atoms with Crippen molar-refractivity contribution >= 4 is 23.6 Å². The zero-order chi connectivity index (χ0) is 28.0.